The minimum Gasteiger partial charge on any atom is -0.409 e. The van der Waals surface area contributed by atoms with Gasteiger partial charge in [-0.05, 0) is 13.3 Å². The van der Waals surface area contributed by atoms with Crippen molar-refractivity contribution in [2.24, 2.45) is 10.9 Å². The van der Waals surface area contributed by atoms with E-state index in [9.17, 15) is 0 Å². The number of oxime groups is 1. The van der Waals surface area contributed by atoms with Crippen LogP contribution in [0, 0.1) is 6.92 Å². The van der Waals surface area contributed by atoms with Crippen molar-refractivity contribution in [3.05, 3.63) is 18.1 Å². The van der Waals surface area contributed by atoms with E-state index in [1.807, 2.05) is 13.0 Å². The molecule has 116 valence electrons. The quantitative estimate of drug-likeness (QED) is 0.361. The maximum Gasteiger partial charge on any atom is 0.156 e. The minimum absolute atomic E-state index is 0.0225. The smallest absolute Gasteiger partial charge is 0.156 e. The Labute approximate surface area is 125 Å². The lowest BCUT2D eigenvalue weighted by atomic mass is 10.1. The molecule has 1 aliphatic rings. The first-order valence-electron chi connectivity index (χ1n) is 7.40. The number of hydrogen-bond acceptors (Lipinski definition) is 6. The monoisotopic (exact) mass is 292 g/mol. The number of piperazine rings is 1. The van der Waals surface area contributed by atoms with Crippen molar-refractivity contribution < 1.29 is 5.21 Å². The minimum atomic E-state index is 0.0225. The number of aromatic nitrogens is 2. The molecule has 21 heavy (non-hydrogen) atoms. The Bertz CT molecular complexity index is 484. The van der Waals surface area contributed by atoms with Crippen LogP contribution in [-0.2, 0) is 0 Å². The van der Waals surface area contributed by atoms with Gasteiger partial charge >= 0.3 is 0 Å². The van der Waals surface area contributed by atoms with E-state index >= 15 is 0 Å². The molecule has 0 bridgehead atoms. The maximum absolute atomic E-state index is 8.93. The topological polar surface area (TPSA) is 90.9 Å². The maximum atomic E-state index is 8.93. The molecule has 0 aromatic carbocycles. The first-order valence-corrected chi connectivity index (χ1v) is 7.40. The standard InChI is InChI=1S/C14H24N6O/c1-3-4-12(14(15)18-21)19-5-7-20(8-6-19)13-9-11(2)16-10-17-13/h9-10,12,21H,3-8H2,1-2H3,(H2,15,18). The first kappa shape index (κ1) is 15.5. The van der Waals surface area contributed by atoms with Crippen molar-refractivity contribution in [2.75, 3.05) is 31.1 Å². The van der Waals surface area contributed by atoms with Gasteiger partial charge in [0.25, 0.3) is 0 Å². The van der Waals surface area contributed by atoms with Crippen molar-refractivity contribution >= 4 is 11.7 Å². The molecule has 2 rings (SSSR count). The number of anilines is 1. The number of hydrogen-bond donors (Lipinski definition) is 2. The van der Waals surface area contributed by atoms with Crippen molar-refractivity contribution in [3.63, 3.8) is 0 Å². The van der Waals surface area contributed by atoms with Crippen LogP contribution in [0.2, 0.25) is 0 Å². The van der Waals surface area contributed by atoms with Crippen LogP contribution in [-0.4, -0.2) is 58.1 Å². The van der Waals surface area contributed by atoms with Gasteiger partial charge in [-0.2, -0.15) is 0 Å². The molecule has 1 aliphatic heterocycles. The van der Waals surface area contributed by atoms with Gasteiger partial charge in [-0.25, -0.2) is 9.97 Å². The SMILES string of the molecule is CCCC(C(N)=NO)N1CCN(c2cc(C)ncn2)CC1. The summed E-state index contributed by atoms with van der Waals surface area (Å²) in [5.41, 5.74) is 6.80. The Kier molecular flexibility index (Phi) is 5.32. The Hall–Kier alpha value is -1.89. The van der Waals surface area contributed by atoms with Crippen molar-refractivity contribution in [2.45, 2.75) is 32.7 Å². The second-order valence-electron chi connectivity index (χ2n) is 5.37. The predicted octanol–water partition coefficient (Wildman–Crippen LogP) is 0.822. The fourth-order valence-electron chi connectivity index (χ4n) is 2.73. The van der Waals surface area contributed by atoms with Gasteiger partial charge in [-0.15, -0.1) is 0 Å². The third-order valence-electron chi connectivity index (χ3n) is 3.89. The molecule has 0 saturated carbocycles. The zero-order valence-electron chi connectivity index (χ0n) is 12.7. The highest BCUT2D eigenvalue weighted by molar-refractivity contribution is 5.85. The van der Waals surface area contributed by atoms with Gasteiger partial charge in [0.1, 0.15) is 12.1 Å². The Morgan fingerprint density at radius 2 is 2.10 bits per heavy atom. The highest BCUT2D eigenvalue weighted by Gasteiger charge is 2.26. The molecular formula is C14H24N6O. The van der Waals surface area contributed by atoms with E-state index in [4.69, 9.17) is 10.9 Å². The summed E-state index contributed by atoms with van der Waals surface area (Å²) in [5, 5.41) is 12.1. The summed E-state index contributed by atoms with van der Waals surface area (Å²) in [7, 11) is 0. The van der Waals surface area contributed by atoms with Crippen molar-refractivity contribution in [1.29, 1.82) is 0 Å². The van der Waals surface area contributed by atoms with E-state index in [-0.39, 0.29) is 6.04 Å². The summed E-state index contributed by atoms with van der Waals surface area (Å²) in [6.07, 6.45) is 3.52. The van der Waals surface area contributed by atoms with Crippen LogP contribution in [0.15, 0.2) is 17.5 Å². The Balaban J connectivity index is 1.98. The molecule has 1 atom stereocenters. The number of rotatable bonds is 5. The van der Waals surface area contributed by atoms with E-state index in [1.54, 1.807) is 6.33 Å². The van der Waals surface area contributed by atoms with E-state index < -0.39 is 0 Å². The third-order valence-corrected chi connectivity index (χ3v) is 3.89. The summed E-state index contributed by atoms with van der Waals surface area (Å²) in [4.78, 5) is 13.0. The molecule has 1 unspecified atom stereocenters. The Morgan fingerprint density at radius 1 is 1.38 bits per heavy atom. The molecular weight excluding hydrogens is 268 g/mol. The molecule has 0 aliphatic carbocycles. The van der Waals surface area contributed by atoms with Crippen LogP contribution >= 0.6 is 0 Å². The lowest BCUT2D eigenvalue weighted by Gasteiger charge is -2.39. The van der Waals surface area contributed by atoms with Crippen LogP contribution in [0.3, 0.4) is 0 Å². The summed E-state index contributed by atoms with van der Waals surface area (Å²) in [6, 6.07) is 2.03. The zero-order chi connectivity index (χ0) is 15.2. The molecule has 1 aromatic rings. The van der Waals surface area contributed by atoms with Gasteiger partial charge in [0.15, 0.2) is 5.84 Å². The van der Waals surface area contributed by atoms with E-state index in [0.717, 1.165) is 50.5 Å². The molecule has 1 fully saturated rings. The molecule has 0 spiro atoms. The highest BCUT2D eigenvalue weighted by Crippen LogP contribution is 2.16. The zero-order valence-corrected chi connectivity index (χ0v) is 12.7. The van der Waals surface area contributed by atoms with E-state index in [1.165, 1.54) is 0 Å². The fraction of sp³-hybridized carbons (Fsp3) is 0.643. The van der Waals surface area contributed by atoms with Gasteiger partial charge in [-0.3, -0.25) is 4.90 Å². The molecule has 7 heteroatoms. The van der Waals surface area contributed by atoms with Crippen LogP contribution < -0.4 is 10.6 Å². The molecule has 2 heterocycles. The number of nitrogens with two attached hydrogens (primary N) is 1. The Morgan fingerprint density at radius 3 is 2.67 bits per heavy atom. The number of amidine groups is 1. The summed E-state index contributed by atoms with van der Waals surface area (Å²) >= 11 is 0. The molecule has 1 saturated heterocycles. The van der Waals surface area contributed by atoms with Gasteiger partial charge in [0.2, 0.25) is 0 Å². The average molecular weight is 292 g/mol. The summed E-state index contributed by atoms with van der Waals surface area (Å²) in [5.74, 6) is 1.28. The van der Waals surface area contributed by atoms with Gasteiger partial charge in [0.05, 0.1) is 6.04 Å². The lowest BCUT2D eigenvalue weighted by Crippen LogP contribution is -2.54. The lowest BCUT2D eigenvalue weighted by molar-refractivity contribution is 0.211. The third kappa shape index (κ3) is 3.81. The second kappa shape index (κ2) is 7.21. The largest absolute Gasteiger partial charge is 0.409 e. The highest BCUT2D eigenvalue weighted by atomic mass is 16.4. The van der Waals surface area contributed by atoms with Gasteiger partial charge in [-0.1, -0.05) is 18.5 Å². The van der Waals surface area contributed by atoms with Crippen LogP contribution in [0.1, 0.15) is 25.5 Å². The first-order chi connectivity index (χ1) is 10.2. The number of nitrogens with zero attached hydrogens (tertiary/aromatic N) is 5. The summed E-state index contributed by atoms with van der Waals surface area (Å²) in [6.45, 7) is 7.60. The fourth-order valence-corrected chi connectivity index (χ4v) is 2.73. The van der Waals surface area contributed by atoms with E-state index in [2.05, 4.69) is 31.8 Å². The molecule has 7 nitrogen and oxygen atoms in total. The van der Waals surface area contributed by atoms with Crippen LogP contribution in [0.4, 0.5) is 5.82 Å². The molecule has 3 N–H and O–H groups in total. The average Bonchev–Trinajstić information content (AvgIpc) is 2.52. The van der Waals surface area contributed by atoms with Gasteiger partial charge < -0.3 is 15.8 Å². The van der Waals surface area contributed by atoms with Crippen LogP contribution in [0.25, 0.3) is 0 Å². The predicted molar refractivity (Wildman–Crippen MR) is 82.7 cm³/mol. The van der Waals surface area contributed by atoms with Crippen molar-refractivity contribution in [1.82, 2.24) is 14.9 Å². The number of aryl methyl sites for hydroxylation is 1. The molecule has 1 aromatic heterocycles. The van der Waals surface area contributed by atoms with Gasteiger partial charge in [0, 0.05) is 37.9 Å². The van der Waals surface area contributed by atoms with Crippen LogP contribution in [0.5, 0.6) is 0 Å². The summed E-state index contributed by atoms with van der Waals surface area (Å²) < 4.78 is 0. The second-order valence-corrected chi connectivity index (χ2v) is 5.37. The molecule has 0 radical (unpaired) electrons. The van der Waals surface area contributed by atoms with Crippen molar-refractivity contribution in [3.8, 4) is 0 Å². The van der Waals surface area contributed by atoms with E-state index in [0.29, 0.717) is 5.84 Å². The normalized spacial score (nSPS) is 18.8. The molecule has 0 amide bonds.